The number of carbonyl (C=O) groups is 1. The summed E-state index contributed by atoms with van der Waals surface area (Å²) in [6, 6.07) is 7.47. The van der Waals surface area contributed by atoms with Gasteiger partial charge in [0.25, 0.3) is 5.91 Å². The Hall–Kier alpha value is -2.94. The molecule has 28 heavy (non-hydrogen) atoms. The molecule has 0 unspecified atom stereocenters. The molecule has 1 N–H and O–H groups in total. The molecule has 1 aliphatic heterocycles. The van der Waals surface area contributed by atoms with E-state index in [-0.39, 0.29) is 12.5 Å². The van der Waals surface area contributed by atoms with E-state index in [1.54, 1.807) is 6.07 Å². The van der Waals surface area contributed by atoms with Crippen molar-refractivity contribution in [2.24, 2.45) is 0 Å². The number of hydrogen-bond donors (Lipinski definition) is 1. The highest BCUT2D eigenvalue weighted by Gasteiger charge is 2.17. The highest BCUT2D eigenvalue weighted by Crippen LogP contribution is 2.15. The van der Waals surface area contributed by atoms with E-state index in [0.29, 0.717) is 36.5 Å². The van der Waals surface area contributed by atoms with Crippen LogP contribution < -0.4 is 20.0 Å². The van der Waals surface area contributed by atoms with Gasteiger partial charge in [-0.2, -0.15) is 15.0 Å². The summed E-state index contributed by atoms with van der Waals surface area (Å²) in [5.74, 6) is 1.54. The van der Waals surface area contributed by atoms with E-state index < -0.39 is 0 Å². The standard InChI is InChI=1S/C19H27N7O2/c1-24(2)15-7-5-6-14(12-15)17(27)20-13-16-21-18(25(3)4)23-19(22-16)26-8-10-28-11-9-26/h5-7,12H,8-11,13H2,1-4H3,(H,20,27). The lowest BCUT2D eigenvalue weighted by Crippen LogP contribution is -2.38. The Morgan fingerprint density at radius 2 is 1.86 bits per heavy atom. The lowest BCUT2D eigenvalue weighted by molar-refractivity contribution is 0.0950. The van der Waals surface area contributed by atoms with Crippen LogP contribution in [0.1, 0.15) is 16.2 Å². The van der Waals surface area contributed by atoms with Crippen LogP contribution in [0.25, 0.3) is 0 Å². The lowest BCUT2D eigenvalue weighted by Gasteiger charge is -2.27. The van der Waals surface area contributed by atoms with Crippen molar-refractivity contribution in [1.29, 1.82) is 0 Å². The fourth-order valence-electron chi connectivity index (χ4n) is 2.77. The summed E-state index contributed by atoms with van der Waals surface area (Å²) in [4.78, 5) is 32.0. The van der Waals surface area contributed by atoms with Crippen molar-refractivity contribution in [2.45, 2.75) is 6.54 Å². The molecule has 0 spiro atoms. The van der Waals surface area contributed by atoms with Gasteiger partial charge in [-0.25, -0.2) is 0 Å². The van der Waals surface area contributed by atoms with E-state index in [0.717, 1.165) is 18.8 Å². The molecule has 9 nitrogen and oxygen atoms in total. The predicted molar refractivity (Wildman–Crippen MR) is 109 cm³/mol. The molecule has 1 aliphatic rings. The van der Waals surface area contributed by atoms with Gasteiger partial charge in [-0.15, -0.1) is 0 Å². The average Bonchev–Trinajstić information content (AvgIpc) is 2.72. The van der Waals surface area contributed by atoms with Gasteiger partial charge in [0.05, 0.1) is 19.8 Å². The molecule has 2 heterocycles. The molecule has 150 valence electrons. The van der Waals surface area contributed by atoms with E-state index in [2.05, 4.69) is 25.2 Å². The maximum Gasteiger partial charge on any atom is 0.251 e. The summed E-state index contributed by atoms with van der Waals surface area (Å²) in [6.45, 7) is 3.00. The number of nitrogens with zero attached hydrogens (tertiary/aromatic N) is 6. The molecule has 9 heteroatoms. The first-order chi connectivity index (χ1) is 13.4. The van der Waals surface area contributed by atoms with Crippen molar-refractivity contribution >= 4 is 23.5 Å². The Balaban J connectivity index is 1.74. The molecule has 1 aromatic carbocycles. The smallest absolute Gasteiger partial charge is 0.251 e. The minimum absolute atomic E-state index is 0.163. The third kappa shape index (κ3) is 4.86. The van der Waals surface area contributed by atoms with Crippen molar-refractivity contribution < 1.29 is 9.53 Å². The molecule has 2 aromatic rings. The monoisotopic (exact) mass is 385 g/mol. The fourth-order valence-corrected chi connectivity index (χ4v) is 2.77. The van der Waals surface area contributed by atoms with Crippen LogP contribution >= 0.6 is 0 Å². The Kier molecular flexibility index (Phi) is 6.25. The van der Waals surface area contributed by atoms with E-state index in [1.165, 1.54) is 0 Å². The quantitative estimate of drug-likeness (QED) is 0.780. The van der Waals surface area contributed by atoms with Gasteiger partial charge in [0.15, 0.2) is 5.82 Å². The van der Waals surface area contributed by atoms with Gasteiger partial charge in [0.2, 0.25) is 11.9 Å². The predicted octanol–water partition coefficient (Wildman–Crippen LogP) is 0.770. The zero-order valence-corrected chi connectivity index (χ0v) is 16.8. The second-order valence-electron chi connectivity index (χ2n) is 6.97. The number of nitrogens with one attached hydrogen (secondary N) is 1. The first-order valence-corrected chi connectivity index (χ1v) is 9.24. The number of benzene rings is 1. The largest absolute Gasteiger partial charge is 0.378 e. The number of aromatic nitrogens is 3. The van der Waals surface area contributed by atoms with Crippen LogP contribution in [0.5, 0.6) is 0 Å². The molecule has 1 fully saturated rings. The summed E-state index contributed by atoms with van der Waals surface area (Å²) in [5.41, 5.74) is 1.57. The summed E-state index contributed by atoms with van der Waals surface area (Å²) in [5, 5.41) is 2.91. The molecule has 0 atom stereocenters. The highest BCUT2D eigenvalue weighted by atomic mass is 16.5. The fraction of sp³-hybridized carbons (Fsp3) is 0.474. The zero-order chi connectivity index (χ0) is 20.1. The molecule has 3 rings (SSSR count). The summed E-state index contributed by atoms with van der Waals surface area (Å²) in [6.07, 6.45) is 0. The molecule has 1 saturated heterocycles. The van der Waals surface area contributed by atoms with Gasteiger partial charge in [0, 0.05) is 52.5 Å². The SMILES string of the molecule is CN(C)c1cccc(C(=O)NCc2nc(N(C)C)nc(N3CCOCC3)n2)c1. The van der Waals surface area contributed by atoms with Crippen molar-refractivity contribution in [2.75, 3.05) is 69.2 Å². The van der Waals surface area contributed by atoms with Crippen LogP contribution in [-0.2, 0) is 11.3 Å². The van der Waals surface area contributed by atoms with Crippen LogP contribution in [0.4, 0.5) is 17.6 Å². The number of hydrogen-bond acceptors (Lipinski definition) is 8. The first kappa shape index (κ1) is 19.8. The van der Waals surface area contributed by atoms with Gasteiger partial charge >= 0.3 is 0 Å². The Morgan fingerprint density at radius 3 is 2.54 bits per heavy atom. The number of ether oxygens (including phenoxy) is 1. The van der Waals surface area contributed by atoms with E-state index in [9.17, 15) is 4.79 Å². The topological polar surface area (TPSA) is 86.7 Å². The summed E-state index contributed by atoms with van der Waals surface area (Å²) in [7, 11) is 7.65. The van der Waals surface area contributed by atoms with E-state index in [4.69, 9.17) is 4.74 Å². The zero-order valence-electron chi connectivity index (χ0n) is 16.8. The Morgan fingerprint density at radius 1 is 1.11 bits per heavy atom. The van der Waals surface area contributed by atoms with Crippen LogP contribution in [0.15, 0.2) is 24.3 Å². The van der Waals surface area contributed by atoms with Gasteiger partial charge in [-0.3, -0.25) is 4.79 Å². The normalized spacial score (nSPS) is 13.9. The highest BCUT2D eigenvalue weighted by molar-refractivity contribution is 5.95. The van der Waals surface area contributed by atoms with Crippen molar-refractivity contribution in [3.05, 3.63) is 35.7 Å². The lowest BCUT2D eigenvalue weighted by atomic mass is 10.2. The summed E-state index contributed by atoms with van der Waals surface area (Å²) >= 11 is 0. The van der Waals surface area contributed by atoms with Gasteiger partial charge in [-0.1, -0.05) is 6.07 Å². The van der Waals surface area contributed by atoms with Gasteiger partial charge < -0.3 is 24.8 Å². The van der Waals surface area contributed by atoms with E-state index >= 15 is 0 Å². The molecule has 0 radical (unpaired) electrons. The third-order valence-electron chi connectivity index (χ3n) is 4.38. The maximum atomic E-state index is 12.6. The van der Waals surface area contributed by atoms with E-state index in [1.807, 2.05) is 56.2 Å². The van der Waals surface area contributed by atoms with Crippen LogP contribution in [-0.4, -0.2) is 75.4 Å². The number of amides is 1. The molecule has 1 amide bonds. The minimum atomic E-state index is -0.163. The maximum absolute atomic E-state index is 12.6. The van der Waals surface area contributed by atoms with Crippen LogP contribution in [0.2, 0.25) is 0 Å². The van der Waals surface area contributed by atoms with Gasteiger partial charge in [-0.05, 0) is 18.2 Å². The molecular formula is C19H27N7O2. The van der Waals surface area contributed by atoms with Crippen LogP contribution in [0, 0.1) is 0 Å². The second kappa shape index (κ2) is 8.83. The minimum Gasteiger partial charge on any atom is -0.378 e. The molecule has 1 aromatic heterocycles. The second-order valence-corrected chi connectivity index (χ2v) is 6.97. The van der Waals surface area contributed by atoms with Crippen molar-refractivity contribution in [3.8, 4) is 0 Å². The molecule has 0 bridgehead atoms. The van der Waals surface area contributed by atoms with Crippen molar-refractivity contribution in [1.82, 2.24) is 20.3 Å². The average molecular weight is 385 g/mol. The van der Waals surface area contributed by atoms with Crippen LogP contribution in [0.3, 0.4) is 0 Å². The molecule has 0 aliphatic carbocycles. The van der Waals surface area contributed by atoms with Crippen molar-refractivity contribution in [3.63, 3.8) is 0 Å². The van der Waals surface area contributed by atoms with Gasteiger partial charge in [0.1, 0.15) is 0 Å². The summed E-state index contributed by atoms with van der Waals surface area (Å²) < 4.78 is 5.40. The first-order valence-electron chi connectivity index (χ1n) is 9.24. The Bertz CT molecular complexity index is 820. The molecular weight excluding hydrogens is 358 g/mol. The molecule has 0 saturated carbocycles. The third-order valence-corrected chi connectivity index (χ3v) is 4.38. The Labute approximate surface area is 165 Å². The number of carbonyl (C=O) groups excluding carboxylic acids is 1. The number of morpholine rings is 1. The number of anilines is 3. The number of rotatable bonds is 6.